The van der Waals surface area contributed by atoms with Gasteiger partial charge in [0.2, 0.25) is 5.91 Å². The first-order chi connectivity index (χ1) is 10.1. The molecule has 4 heteroatoms. The highest BCUT2D eigenvalue weighted by atomic mass is 16.2. The average molecular weight is 286 g/mol. The molecule has 0 radical (unpaired) electrons. The van der Waals surface area contributed by atoms with Crippen LogP contribution in [-0.4, -0.2) is 17.9 Å². The van der Waals surface area contributed by atoms with E-state index in [1.165, 1.54) is 24.8 Å². The average Bonchev–Trinajstić information content (AvgIpc) is 2.86. The van der Waals surface area contributed by atoms with E-state index < -0.39 is 0 Å². The van der Waals surface area contributed by atoms with Gasteiger partial charge in [0.25, 0.3) is 5.91 Å². The normalized spacial score (nSPS) is 25.3. The third-order valence-electron chi connectivity index (χ3n) is 4.95. The Morgan fingerprint density at radius 3 is 2.24 bits per heavy atom. The van der Waals surface area contributed by atoms with Gasteiger partial charge in [0.1, 0.15) is 0 Å². The Balaban J connectivity index is 1.63. The Labute approximate surface area is 125 Å². The molecule has 3 rings (SSSR count). The number of hydrogen-bond donors (Lipinski definition) is 2. The minimum absolute atomic E-state index is 0.103. The van der Waals surface area contributed by atoms with E-state index in [1.807, 2.05) is 12.1 Å². The van der Waals surface area contributed by atoms with Gasteiger partial charge in [0.05, 0.1) is 5.92 Å². The maximum Gasteiger partial charge on any atom is 0.251 e. The topological polar surface area (TPSA) is 72.2 Å². The van der Waals surface area contributed by atoms with Gasteiger partial charge in [0, 0.05) is 11.6 Å². The number of benzene rings is 1. The summed E-state index contributed by atoms with van der Waals surface area (Å²) in [5, 5.41) is 2.96. The van der Waals surface area contributed by atoms with Crippen molar-refractivity contribution in [3.8, 4) is 0 Å². The van der Waals surface area contributed by atoms with E-state index in [9.17, 15) is 9.59 Å². The van der Waals surface area contributed by atoms with Gasteiger partial charge >= 0.3 is 0 Å². The fraction of sp³-hybridized carbons (Fsp3) is 0.529. The smallest absolute Gasteiger partial charge is 0.251 e. The summed E-state index contributed by atoms with van der Waals surface area (Å²) in [6.45, 7) is 0. The number of primary amides is 1. The predicted octanol–water partition coefficient (Wildman–Crippen LogP) is 2.34. The van der Waals surface area contributed by atoms with Gasteiger partial charge < -0.3 is 11.1 Å². The SMILES string of the molecule is NC(=O)[C@H]1CCC[C@@H]1NC(=O)c1ccc(C2CCC2)cc1. The zero-order chi connectivity index (χ0) is 14.8. The van der Waals surface area contributed by atoms with Crippen LogP contribution in [0.2, 0.25) is 0 Å². The second kappa shape index (κ2) is 5.88. The van der Waals surface area contributed by atoms with Gasteiger partial charge in [-0.3, -0.25) is 9.59 Å². The van der Waals surface area contributed by atoms with Gasteiger partial charge in [-0.05, 0) is 49.3 Å². The van der Waals surface area contributed by atoms with Crippen LogP contribution in [0, 0.1) is 5.92 Å². The molecule has 2 saturated carbocycles. The van der Waals surface area contributed by atoms with Crippen molar-refractivity contribution in [2.24, 2.45) is 11.7 Å². The quantitative estimate of drug-likeness (QED) is 0.891. The van der Waals surface area contributed by atoms with E-state index in [2.05, 4.69) is 17.4 Å². The molecular formula is C17H22N2O2. The Morgan fingerprint density at radius 2 is 1.67 bits per heavy atom. The molecule has 0 saturated heterocycles. The van der Waals surface area contributed by atoms with E-state index in [1.54, 1.807) is 0 Å². The third-order valence-corrected chi connectivity index (χ3v) is 4.95. The van der Waals surface area contributed by atoms with Gasteiger partial charge in [0.15, 0.2) is 0 Å². The summed E-state index contributed by atoms with van der Waals surface area (Å²) in [5.74, 6) is 0.0471. The fourth-order valence-corrected chi connectivity index (χ4v) is 3.37. The second-order valence-corrected chi connectivity index (χ2v) is 6.27. The van der Waals surface area contributed by atoms with E-state index in [0.29, 0.717) is 11.5 Å². The van der Waals surface area contributed by atoms with Crippen LogP contribution in [0.5, 0.6) is 0 Å². The van der Waals surface area contributed by atoms with E-state index in [0.717, 1.165) is 19.3 Å². The molecule has 112 valence electrons. The van der Waals surface area contributed by atoms with Gasteiger partial charge in [-0.15, -0.1) is 0 Å². The number of nitrogens with two attached hydrogens (primary N) is 1. The lowest BCUT2D eigenvalue weighted by Crippen LogP contribution is -2.42. The fourth-order valence-electron chi connectivity index (χ4n) is 3.37. The molecule has 0 spiro atoms. The molecule has 3 N–H and O–H groups in total. The van der Waals surface area contributed by atoms with Crippen LogP contribution in [0.4, 0.5) is 0 Å². The lowest BCUT2D eigenvalue weighted by Gasteiger charge is -2.25. The maximum atomic E-state index is 12.3. The van der Waals surface area contributed by atoms with Crippen LogP contribution in [0.1, 0.15) is 60.4 Å². The lowest BCUT2D eigenvalue weighted by atomic mass is 9.80. The predicted molar refractivity (Wildman–Crippen MR) is 80.8 cm³/mol. The van der Waals surface area contributed by atoms with Crippen molar-refractivity contribution in [1.29, 1.82) is 0 Å². The first kappa shape index (κ1) is 14.1. The van der Waals surface area contributed by atoms with Gasteiger partial charge in [-0.1, -0.05) is 25.0 Å². The van der Waals surface area contributed by atoms with Crippen LogP contribution >= 0.6 is 0 Å². The molecular weight excluding hydrogens is 264 g/mol. The molecule has 4 nitrogen and oxygen atoms in total. The summed E-state index contributed by atoms with van der Waals surface area (Å²) in [4.78, 5) is 23.6. The molecule has 2 aliphatic rings. The summed E-state index contributed by atoms with van der Waals surface area (Å²) < 4.78 is 0. The highest BCUT2D eigenvalue weighted by molar-refractivity contribution is 5.94. The number of carbonyl (C=O) groups is 2. The van der Waals surface area contributed by atoms with Crippen molar-refractivity contribution in [2.75, 3.05) is 0 Å². The van der Waals surface area contributed by atoms with Crippen LogP contribution in [0.3, 0.4) is 0 Å². The lowest BCUT2D eigenvalue weighted by molar-refractivity contribution is -0.122. The van der Waals surface area contributed by atoms with Crippen molar-refractivity contribution in [3.05, 3.63) is 35.4 Å². The molecule has 0 unspecified atom stereocenters. The molecule has 2 atom stereocenters. The molecule has 2 fully saturated rings. The Kier molecular flexibility index (Phi) is 3.95. The van der Waals surface area contributed by atoms with Crippen molar-refractivity contribution >= 4 is 11.8 Å². The highest BCUT2D eigenvalue weighted by Gasteiger charge is 2.32. The number of hydrogen-bond acceptors (Lipinski definition) is 2. The summed E-state index contributed by atoms with van der Waals surface area (Å²) in [6.07, 6.45) is 6.38. The molecule has 0 aliphatic heterocycles. The van der Waals surface area contributed by atoms with Crippen molar-refractivity contribution < 1.29 is 9.59 Å². The standard InChI is InChI=1S/C17H22N2O2/c18-16(20)14-5-2-6-15(14)19-17(21)13-9-7-12(8-10-13)11-3-1-4-11/h7-11,14-15H,1-6H2,(H2,18,20)(H,19,21)/t14-,15-/m0/s1. The van der Waals surface area contributed by atoms with Crippen molar-refractivity contribution in [2.45, 2.75) is 50.5 Å². The van der Waals surface area contributed by atoms with Crippen molar-refractivity contribution in [1.82, 2.24) is 5.32 Å². The molecule has 1 aromatic carbocycles. The third kappa shape index (κ3) is 2.94. The van der Waals surface area contributed by atoms with Crippen LogP contribution in [-0.2, 0) is 4.79 Å². The van der Waals surface area contributed by atoms with Crippen LogP contribution in [0.25, 0.3) is 0 Å². The Bertz CT molecular complexity index is 534. The Morgan fingerprint density at radius 1 is 1.00 bits per heavy atom. The number of rotatable bonds is 4. The molecule has 1 aromatic rings. The second-order valence-electron chi connectivity index (χ2n) is 6.27. The summed E-state index contributed by atoms with van der Waals surface area (Å²) >= 11 is 0. The first-order valence-electron chi connectivity index (χ1n) is 7.85. The zero-order valence-corrected chi connectivity index (χ0v) is 12.2. The molecule has 21 heavy (non-hydrogen) atoms. The summed E-state index contributed by atoms with van der Waals surface area (Å²) in [5.41, 5.74) is 7.38. The molecule has 0 bridgehead atoms. The number of carbonyl (C=O) groups excluding carboxylic acids is 2. The maximum absolute atomic E-state index is 12.3. The molecule has 2 amide bonds. The highest BCUT2D eigenvalue weighted by Crippen LogP contribution is 2.36. The van der Waals surface area contributed by atoms with E-state index >= 15 is 0 Å². The number of nitrogens with one attached hydrogen (secondary N) is 1. The largest absolute Gasteiger partial charge is 0.369 e. The van der Waals surface area contributed by atoms with Crippen LogP contribution < -0.4 is 11.1 Å². The minimum Gasteiger partial charge on any atom is -0.369 e. The monoisotopic (exact) mass is 286 g/mol. The van der Waals surface area contributed by atoms with Gasteiger partial charge in [-0.25, -0.2) is 0 Å². The minimum atomic E-state index is -0.307. The van der Waals surface area contributed by atoms with E-state index in [4.69, 9.17) is 5.73 Å². The first-order valence-corrected chi connectivity index (χ1v) is 7.85. The van der Waals surface area contributed by atoms with E-state index in [-0.39, 0.29) is 23.8 Å². The summed E-state index contributed by atoms with van der Waals surface area (Å²) in [6, 6.07) is 7.77. The van der Waals surface area contributed by atoms with Crippen molar-refractivity contribution in [3.63, 3.8) is 0 Å². The number of amides is 2. The summed E-state index contributed by atoms with van der Waals surface area (Å²) in [7, 11) is 0. The Hall–Kier alpha value is -1.84. The molecule has 2 aliphatic carbocycles. The molecule has 0 heterocycles. The zero-order valence-electron chi connectivity index (χ0n) is 12.2. The molecule has 0 aromatic heterocycles. The van der Waals surface area contributed by atoms with Gasteiger partial charge in [-0.2, -0.15) is 0 Å². The van der Waals surface area contributed by atoms with Crippen LogP contribution in [0.15, 0.2) is 24.3 Å².